The summed E-state index contributed by atoms with van der Waals surface area (Å²) >= 11 is 0. The van der Waals surface area contributed by atoms with Crippen LogP contribution in [0.4, 0.5) is 5.69 Å². The third-order valence-electron chi connectivity index (χ3n) is 3.51. The number of benzene rings is 2. The van der Waals surface area contributed by atoms with Crippen LogP contribution in [0.1, 0.15) is 22.8 Å². The minimum atomic E-state index is -0.487. The fraction of sp³-hybridized carbons (Fsp3) is 0.105. The minimum Gasteiger partial charge on any atom is -0.489 e. The number of carbonyl (C=O) groups excluding carboxylic acids is 1. The molecule has 3 rings (SSSR count). The molecule has 0 amide bonds. The van der Waals surface area contributed by atoms with Gasteiger partial charge in [-0.15, -0.1) is 0 Å². The van der Waals surface area contributed by atoms with Gasteiger partial charge in [-0.05, 0) is 36.3 Å². The molecule has 2 aromatic rings. The summed E-state index contributed by atoms with van der Waals surface area (Å²) in [6.45, 7) is 6.00. The van der Waals surface area contributed by atoms with Crippen molar-refractivity contribution in [3.05, 3.63) is 81.6 Å². The second kappa shape index (κ2) is 6.60. The van der Waals surface area contributed by atoms with Crippen molar-refractivity contribution in [2.24, 2.45) is 0 Å². The van der Waals surface area contributed by atoms with Gasteiger partial charge in [0.1, 0.15) is 18.1 Å². The van der Waals surface area contributed by atoms with Crippen LogP contribution in [0.15, 0.2) is 60.4 Å². The highest BCUT2D eigenvalue weighted by atomic mass is 16.6. The van der Waals surface area contributed by atoms with Crippen molar-refractivity contribution in [3.63, 3.8) is 0 Å². The van der Waals surface area contributed by atoms with Gasteiger partial charge in [0.05, 0.1) is 10.5 Å². The number of hydrogen-bond donors (Lipinski definition) is 0. The Bertz CT molecular complexity index is 914. The summed E-state index contributed by atoms with van der Waals surface area (Å²) in [4.78, 5) is 22.8. The molecule has 1 aliphatic rings. The lowest BCUT2D eigenvalue weighted by Gasteiger charge is -2.06. The maximum Gasteiger partial charge on any atom is 0.270 e. The summed E-state index contributed by atoms with van der Waals surface area (Å²) in [5.41, 5.74) is 1.78. The summed E-state index contributed by atoms with van der Waals surface area (Å²) in [6.07, 6.45) is 1.49. The molecule has 0 spiro atoms. The molecule has 6 heteroatoms. The molecular weight excluding hydrogens is 322 g/mol. The highest BCUT2D eigenvalue weighted by Gasteiger charge is 2.27. The van der Waals surface area contributed by atoms with E-state index in [1.54, 1.807) is 30.3 Å². The largest absolute Gasteiger partial charge is 0.489 e. The van der Waals surface area contributed by atoms with Crippen LogP contribution in [0, 0.1) is 10.1 Å². The van der Waals surface area contributed by atoms with E-state index in [-0.39, 0.29) is 17.2 Å². The molecule has 0 fully saturated rings. The van der Waals surface area contributed by atoms with Gasteiger partial charge in [0, 0.05) is 18.2 Å². The van der Waals surface area contributed by atoms with Gasteiger partial charge in [-0.25, -0.2) is 0 Å². The smallest absolute Gasteiger partial charge is 0.270 e. The fourth-order valence-corrected chi connectivity index (χ4v) is 2.34. The number of Topliss-reactive ketones (excluding diaryl/α,β-unsaturated/α-hetero) is 1. The summed E-state index contributed by atoms with van der Waals surface area (Å²) in [5.74, 6) is 0.826. The molecular formula is C19H15NO5. The Morgan fingerprint density at radius 3 is 2.84 bits per heavy atom. The van der Waals surface area contributed by atoms with Crippen molar-refractivity contribution in [2.75, 3.05) is 6.61 Å². The fourth-order valence-electron chi connectivity index (χ4n) is 2.34. The van der Waals surface area contributed by atoms with Crippen molar-refractivity contribution in [3.8, 4) is 11.5 Å². The Kier molecular flexibility index (Phi) is 4.35. The zero-order valence-electron chi connectivity index (χ0n) is 13.5. The number of nitro benzene ring substituents is 1. The van der Waals surface area contributed by atoms with Gasteiger partial charge in [-0.1, -0.05) is 18.7 Å². The number of hydrogen-bond acceptors (Lipinski definition) is 5. The summed E-state index contributed by atoms with van der Waals surface area (Å²) in [5, 5.41) is 10.8. The van der Waals surface area contributed by atoms with Crippen molar-refractivity contribution in [1.29, 1.82) is 0 Å². The van der Waals surface area contributed by atoms with E-state index in [2.05, 4.69) is 6.58 Å². The first kappa shape index (κ1) is 16.4. The lowest BCUT2D eigenvalue weighted by atomic mass is 10.1. The van der Waals surface area contributed by atoms with Crippen molar-refractivity contribution in [1.82, 2.24) is 0 Å². The number of ether oxygens (including phenoxy) is 2. The van der Waals surface area contributed by atoms with Crippen LogP contribution in [-0.2, 0) is 0 Å². The van der Waals surface area contributed by atoms with Gasteiger partial charge < -0.3 is 9.47 Å². The van der Waals surface area contributed by atoms with E-state index in [9.17, 15) is 14.9 Å². The van der Waals surface area contributed by atoms with Gasteiger partial charge in [0.25, 0.3) is 5.69 Å². The predicted molar refractivity (Wildman–Crippen MR) is 92.8 cm³/mol. The van der Waals surface area contributed by atoms with Gasteiger partial charge in [-0.3, -0.25) is 14.9 Å². The second-order valence-corrected chi connectivity index (χ2v) is 5.70. The number of nitro groups is 1. The topological polar surface area (TPSA) is 78.7 Å². The maximum atomic E-state index is 12.4. The molecule has 0 atom stereocenters. The van der Waals surface area contributed by atoms with E-state index < -0.39 is 4.92 Å². The SMILES string of the molecule is C=C(C)COc1ccc2c(c1)OC(=Cc1cccc([N+](=O)[O-])c1)C2=O. The molecule has 0 aromatic heterocycles. The van der Waals surface area contributed by atoms with Crippen LogP contribution in [0.2, 0.25) is 0 Å². The molecule has 0 saturated carbocycles. The van der Waals surface area contributed by atoms with Gasteiger partial charge in [-0.2, -0.15) is 0 Å². The van der Waals surface area contributed by atoms with E-state index in [1.807, 2.05) is 6.92 Å². The van der Waals surface area contributed by atoms with Crippen molar-refractivity contribution in [2.45, 2.75) is 6.92 Å². The van der Waals surface area contributed by atoms with Crippen LogP contribution in [0.3, 0.4) is 0 Å². The number of carbonyl (C=O) groups is 1. The first-order chi connectivity index (χ1) is 11.9. The number of non-ortho nitro benzene ring substituents is 1. The van der Waals surface area contributed by atoms with Crippen LogP contribution < -0.4 is 9.47 Å². The molecule has 6 nitrogen and oxygen atoms in total. The number of ketones is 1. The van der Waals surface area contributed by atoms with E-state index in [4.69, 9.17) is 9.47 Å². The highest BCUT2D eigenvalue weighted by Crippen LogP contribution is 2.35. The molecule has 1 heterocycles. The molecule has 0 saturated heterocycles. The van der Waals surface area contributed by atoms with Gasteiger partial charge in [0.2, 0.25) is 5.78 Å². The first-order valence-corrected chi connectivity index (χ1v) is 7.54. The normalized spacial score (nSPS) is 14.1. The average Bonchev–Trinajstić information content (AvgIpc) is 2.88. The number of rotatable bonds is 5. The van der Waals surface area contributed by atoms with Crippen LogP contribution in [-0.4, -0.2) is 17.3 Å². The van der Waals surface area contributed by atoms with Crippen LogP contribution in [0.25, 0.3) is 6.08 Å². The van der Waals surface area contributed by atoms with Crippen LogP contribution in [0.5, 0.6) is 11.5 Å². The zero-order valence-corrected chi connectivity index (χ0v) is 13.5. The van der Waals surface area contributed by atoms with E-state index in [1.165, 1.54) is 18.2 Å². The molecule has 0 bridgehead atoms. The molecule has 0 aliphatic carbocycles. The summed E-state index contributed by atoms with van der Waals surface area (Å²) in [6, 6.07) is 11.0. The Morgan fingerprint density at radius 2 is 2.12 bits per heavy atom. The molecule has 0 N–H and O–H groups in total. The molecule has 2 aromatic carbocycles. The Hall–Kier alpha value is -3.41. The van der Waals surface area contributed by atoms with E-state index in [0.717, 1.165) is 5.57 Å². The lowest BCUT2D eigenvalue weighted by Crippen LogP contribution is -1.98. The molecule has 25 heavy (non-hydrogen) atoms. The average molecular weight is 337 g/mol. The van der Waals surface area contributed by atoms with Crippen molar-refractivity contribution < 1.29 is 19.2 Å². The van der Waals surface area contributed by atoms with Gasteiger partial charge in [0.15, 0.2) is 5.76 Å². The third kappa shape index (κ3) is 3.58. The molecule has 0 unspecified atom stereocenters. The predicted octanol–water partition coefficient (Wildman–Crippen LogP) is 4.17. The lowest BCUT2D eigenvalue weighted by molar-refractivity contribution is -0.384. The monoisotopic (exact) mass is 337 g/mol. The highest BCUT2D eigenvalue weighted by molar-refractivity contribution is 6.14. The summed E-state index contributed by atoms with van der Waals surface area (Å²) < 4.78 is 11.1. The second-order valence-electron chi connectivity index (χ2n) is 5.70. The third-order valence-corrected chi connectivity index (χ3v) is 3.51. The van der Waals surface area contributed by atoms with E-state index in [0.29, 0.717) is 29.2 Å². The molecule has 1 aliphatic heterocycles. The number of nitrogens with zero attached hydrogens (tertiary/aromatic N) is 1. The maximum absolute atomic E-state index is 12.4. The standard InChI is InChI=1S/C19H15NO5/c1-12(2)11-24-15-6-7-16-17(10-15)25-18(19(16)21)9-13-4-3-5-14(8-13)20(22)23/h3-10H,1,11H2,2H3. The molecule has 126 valence electrons. The summed E-state index contributed by atoms with van der Waals surface area (Å²) in [7, 11) is 0. The van der Waals surface area contributed by atoms with Gasteiger partial charge >= 0.3 is 0 Å². The Balaban J connectivity index is 1.85. The Morgan fingerprint density at radius 1 is 1.32 bits per heavy atom. The van der Waals surface area contributed by atoms with Crippen LogP contribution >= 0.6 is 0 Å². The zero-order chi connectivity index (χ0) is 18.0. The van der Waals surface area contributed by atoms with E-state index >= 15 is 0 Å². The Labute approximate surface area is 144 Å². The molecule has 0 radical (unpaired) electrons. The quantitative estimate of drug-likeness (QED) is 0.354. The number of allylic oxidation sites excluding steroid dienone is 1. The number of fused-ring (bicyclic) bond motifs is 1. The van der Waals surface area contributed by atoms with Crippen molar-refractivity contribution >= 4 is 17.5 Å². The first-order valence-electron chi connectivity index (χ1n) is 7.54. The minimum absolute atomic E-state index is 0.0483.